The summed E-state index contributed by atoms with van der Waals surface area (Å²) in [6.45, 7) is 7.52. The highest BCUT2D eigenvalue weighted by atomic mass is 79.9. The van der Waals surface area contributed by atoms with Crippen LogP contribution in [0.5, 0.6) is 0 Å². The fraction of sp³-hybridized carbons (Fsp3) is 0.480. The van der Waals surface area contributed by atoms with Crippen LogP contribution < -0.4 is 0 Å². The van der Waals surface area contributed by atoms with E-state index in [-0.39, 0.29) is 6.10 Å². The number of nitrogens with zero attached hydrogens (tertiary/aromatic N) is 3. The third kappa shape index (κ3) is 3.72. The Morgan fingerprint density at radius 2 is 1.93 bits per heavy atom. The number of rotatable bonds is 4. The summed E-state index contributed by atoms with van der Waals surface area (Å²) in [6.07, 6.45) is 3.68. The number of piperidine rings is 1. The van der Waals surface area contributed by atoms with Crippen LogP contribution in [0.25, 0.3) is 11.0 Å². The predicted octanol–water partition coefficient (Wildman–Crippen LogP) is 5.09. The zero-order valence-electron chi connectivity index (χ0n) is 18.1. The predicted molar refractivity (Wildman–Crippen MR) is 125 cm³/mol. The van der Waals surface area contributed by atoms with E-state index in [2.05, 4.69) is 75.6 Å². The Hall–Kier alpha value is -1.69. The van der Waals surface area contributed by atoms with E-state index >= 15 is 0 Å². The third-order valence-electron chi connectivity index (χ3n) is 6.97. The molecule has 1 aromatic heterocycles. The number of benzene rings is 2. The smallest absolute Gasteiger partial charge is 0.107 e. The first kappa shape index (κ1) is 20.2. The SMILES string of the molecule is CO[C@@H]1CN(C[C@@H]2Cc3ccc(Br)cc3C2)CC[C@H]1n1c(C)nc2cc(C)ccc21. The minimum atomic E-state index is 0.189. The number of aromatic nitrogens is 2. The van der Waals surface area contributed by atoms with Gasteiger partial charge in [0.2, 0.25) is 0 Å². The second kappa shape index (κ2) is 8.10. The highest BCUT2D eigenvalue weighted by Gasteiger charge is 2.34. The van der Waals surface area contributed by atoms with E-state index in [1.165, 1.54) is 39.5 Å². The first-order valence-electron chi connectivity index (χ1n) is 11.0. The van der Waals surface area contributed by atoms with Gasteiger partial charge in [0.15, 0.2) is 0 Å². The summed E-state index contributed by atoms with van der Waals surface area (Å²) >= 11 is 3.62. The van der Waals surface area contributed by atoms with Gasteiger partial charge in [-0.2, -0.15) is 0 Å². The van der Waals surface area contributed by atoms with Crippen LogP contribution in [0.4, 0.5) is 0 Å². The van der Waals surface area contributed by atoms with Crippen LogP contribution in [0.1, 0.15) is 35.0 Å². The summed E-state index contributed by atoms with van der Waals surface area (Å²) in [6, 6.07) is 13.7. The van der Waals surface area contributed by atoms with Gasteiger partial charge in [0.1, 0.15) is 5.82 Å². The maximum Gasteiger partial charge on any atom is 0.107 e. The minimum Gasteiger partial charge on any atom is -0.378 e. The first-order chi connectivity index (χ1) is 14.5. The molecular formula is C25H30BrN3O. The molecule has 30 heavy (non-hydrogen) atoms. The van der Waals surface area contributed by atoms with Crippen molar-refractivity contribution in [3.63, 3.8) is 0 Å². The Bertz CT molecular complexity index is 1080. The van der Waals surface area contributed by atoms with Crippen molar-refractivity contribution in [3.8, 4) is 0 Å². The van der Waals surface area contributed by atoms with Gasteiger partial charge in [-0.15, -0.1) is 0 Å². The molecular weight excluding hydrogens is 438 g/mol. The molecule has 4 nitrogen and oxygen atoms in total. The molecule has 5 heteroatoms. The fourth-order valence-corrected chi connectivity index (χ4v) is 5.99. The zero-order chi connectivity index (χ0) is 20.8. The maximum atomic E-state index is 6.03. The number of fused-ring (bicyclic) bond motifs is 2. The van der Waals surface area contributed by atoms with Gasteiger partial charge >= 0.3 is 0 Å². The van der Waals surface area contributed by atoms with E-state index in [1.54, 1.807) is 0 Å². The van der Waals surface area contributed by atoms with Gasteiger partial charge in [-0.05, 0) is 80.0 Å². The second-order valence-electron chi connectivity index (χ2n) is 9.10. The average Bonchev–Trinajstić information content (AvgIpc) is 3.26. The average molecular weight is 468 g/mol. The van der Waals surface area contributed by atoms with Crippen LogP contribution in [0.15, 0.2) is 40.9 Å². The van der Waals surface area contributed by atoms with E-state index in [0.29, 0.717) is 12.0 Å². The molecule has 3 aromatic rings. The number of imidazole rings is 1. The topological polar surface area (TPSA) is 30.3 Å². The van der Waals surface area contributed by atoms with E-state index in [1.807, 2.05) is 7.11 Å². The number of likely N-dealkylation sites (tertiary alicyclic amines) is 1. The summed E-state index contributed by atoms with van der Waals surface area (Å²) in [5, 5.41) is 0. The van der Waals surface area contributed by atoms with Gasteiger partial charge in [-0.3, -0.25) is 0 Å². The number of methoxy groups -OCH3 is 1. The zero-order valence-corrected chi connectivity index (χ0v) is 19.7. The standard InChI is InChI=1S/C25H30BrN3O/c1-16-4-7-23-22(10-16)27-17(2)29(23)24-8-9-28(15-25(24)30-3)14-18-11-19-5-6-21(26)13-20(19)12-18/h4-7,10,13,18,24-25H,8-9,11-12,14-15H2,1-3H3/t18-,24-,25-/m1/s1. The van der Waals surface area contributed by atoms with Crippen molar-refractivity contribution in [2.45, 2.75) is 45.3 Å². The minimum absolute atomic E-state index is 0.189. The molecule has 0 bridgehead atoms. The molecule has 0 unspecified atom stereocenters. The van der Waals surface area contributed by atoms with Crippen molar-refractivity contribution in [3.05, 3.63) is 63.4 Å². The van der Waals surface area contributed by atoms with E-state index in [9.17, 15) is 0 Å². The number of hydrogen-bond acceptors (Lipinski definition) is 3. The van der Waals surface area contributed by atoms with E-state index < -0.39 is 0 Å². The molecule has 1 aliphatic heterocycles. The first-order valence-corrected chi connectivity index (χ1v) is 11.8. The third-order valence-corrected chi connectivity index (χ3v) is 7.46. The van der Waals surface area contributed by atoms with E-state index in [4.69, 9.17) is 9.72 Å². The maximum absolute atomic E-state index is 6.03. The second-order valence-corrected chi connectivity index (χ2v) is 10.0. The molecule has 0 radical (unpaired) electrons. The van der Waals surface area contributed by atoms with Gasteiger partial charge in [0.25, 0.3) is 0 Å². The van der Waals surface area contributed by atoms with E-state index in [0.717, 1.165) is 37.4 Å². The quantitative estimate of drug-likeness (QED) is 0.534. The molecule has 3 atom stereocenters. The van der Waals surface area contributed by atoms with Gasteiger partial charge in [-0.25, -0.2) is 4.98 Å². The Balaban J connectivity index is 1.30. The summed E-state index contributed by atoms with van der Waals surface area (Å²) in [7, 11) is 1.86. The van der Waals surface area contributed by atoms with Gasteiger partial charge < -0.3 is 14.2 Å². The fourth-order valence-electron chi connectivity index (χ4n) is 5.58. The highest BCUT2D eigenvalue weighted by Crippen LogP contribution is 2.33. The molecule has 0 N–H and O–H groups in total. The summed E-state index contributed by atoms with van der Waals surface area (Å²) in [5.41, 5.74) is 6.63. The number of hydrogen-bond donors (Lipinski definition) is 0. The molecule has 1 aliphatic carbocycles. The van der Waals surface area contributed by atoms with Crippen molar-refractivity contribution in [2.75, 3.05) is 26.7 Å². The Labute approximate surface area is 187 Å². The van der Waals surface area contributed by atoms with Crippen LogP contribution in [-0.2, 0) is 17.6 Å². The van der Waals surface area contributed by atoms with Crippen LogP contribution in [0.3, 0.4) is 0 Å². The lowest BCUT2D eigenvalue weighted by Gasteiger charge is -2.40. The number of aryl methyl sites for hydroxylation is 2. The van der Waals surface area contributed by atoms with Crippen molar-refractivity contribution < 1.29 is 4.74 Å². The molecule has 0 spiro atoms. The molecule has 5 rings (SSSR count). The summed E-state index contributed by atoms with van der Waals surface area (Å²) in [5.74, 6) is 1.80. The monoisotopic (exact) mass is 467 g/mol. The number of ether oxygens (including phenoxy) is 1. The highest BCUT2D eigenvalue weighted by molar-refractivity contribution is 9.10. The Kier molecular flexibility index (Phi) is 5.46. The molecule has 1 fully saturated rings. The lowest BCUT2D eigenvalue weighted by atomic mass is 9.98. The number of halogens is 1. The Morgan fingerprint density at radius 1 is 1.10 bits per heavy atom. The van der Waals surface area contributed by atoms with Crippen molar-refractivity contribution in [1.82, 2.24) is 14.5 Å². The van der Waals surface area contributed by atoms with Crippen LogP contribution in [-0.4, -0.2) is 47.3 Å². The summed E-state index contributed by atoms with van der Waals surface area (Å²) in [4.78, 5) is 7.46. The van der Waals surface area contributed by atoms with Crippen LogP contribution in [0, 0.1) is 19.8 Å². The molecule has 1 saturated heterocycles. The van der Waals surface area contributed by atoms with Crippen molar-refractivity contribution in [1.29, 1.82) is 0 Å². The molecule has 2 aromatic carbocycles. The molecule has 0 saturated carbocycles. The van der Waals surface area contributed by atoms with Gasteiger partial charge in [-0.1, -0.05) is 28.1 Å². The lowest BCUT2D eigenvalue weighted by molar-refractivity contribution is -0.00928. The van der Waals surface area contributed by atoms with Crippen molar-refractivity contribution >= 4 is 27.0 Å². The lowest BCUT2D eigenvalue weighted by Crippen LogP contribution is -2.47. The molecule has 2 aliphatic rings. The molecule has 2 heterocycles. The summed E-state index contributed by atoms with van der Waals surface area (Å²) < 4.78 is 9.65. The van der Waals surface area contributed by atoms with Crippen LogP contribution in [0.2, 0.25) is 0 Å². The van der Waals surface area contributed by atoms with Crippen LogP contribution >= 0.6 is 15.9 Å². The van der Waals surface area contributed by atoms with Crippen molar-refractivity contribution in [2.24, 2.45) is 5.92 Å². The van der Waals surface area contributed by atoms with Gasteiger partial charge in [0, 0.05) is 31.2 Å². The largest absolute Gasteiger partial charge is 0.378 e. The Morgan fingerprint density at radius 3 is 2.77 bits per heavy atom. The molecule has 158 valence electrons. The molecule has 0 amide bonds. The normalized spacial score (nSPS) is 24.5. The van der Waals surface area contributed by atoms with Gasteiger partial charge in [0.05, 0.1) is 23.2 Å².